The van der Waals surface area contributed by atoms with E-state index in [-0.39, 0.29) is 6.42 Å². The van der Waals surface area contributed by atoms with Gasteiger partial charge in [-0.2, -0.15) is 13.2 Å². The molecule has 1 unspecified atom stereocenters. The molecule has 1 aliphatic rings. The highest BCUT2D eigenvalue weighted by atomic mass is 19.4. The van der Waals surface area contributed by atoms with E-state index in [2.05, 4.69) is 6.58 Å². The maximum absolute atomic E-state index is 12.4. The molecule has 0 aliphatic heterocycles. The molecule has 0 bridgehead atoms. The normalized spacial score (nSPS) is 31.9. The van der Waals surface area contributed by atoms with Crippen LogP contribution in [0, 0.1) is 5.41 Å². The van der Waals surface area contributed by atoms with E-state index in [4.69, 9.17) is 0 Å². The lowest BCUT2D eigenvalue weighted by Crippen LogP contribution is -2.45. The smallest absolute Gasteiger partial charge is 0.385 e. The topological polar surface area (TPSA) is 20.2 Å². The zero-order valence-electron chi connectivity index (χ0n) is 8.41. The molecule has 1 nitrogen and oxygen atoms in total. The molecule has 0 aromatic carbocycles. The Kier molecular flexibility index (Phi) is 2.47. The van der Waals surface area contributed by atoms with Crippen LogP contribution in [0.1, 0.15) is 33.1 Å². The summed E-state index contributed by atoms with van der Waals surface area (Å²) in [6.45, 7) is 6.30. The number of aliphatic hydroxyl groups is 1. The number of rotatable bonds is 1. The maximum atomic E-state index is 12.4. The van der Waals surface area contributed by atoms with E-state index in [1.807, 2.05) is 0 Å². The van der Waals surface area contributed by atoms with Crippen molar-refractivity contribution in [2.75, 3.05) is 0 Å². The molecule has 0 heterocycles. The molecule has 1 fully saturated rings. The fourth-order valence-corrected chi connectivity index (χ4v) is 2.13. The fraction of sp³-hybridized carbons (Fsp3) is 0.800. The van der Waals surface area contributed by atoms with Gasteiger partial charge in [0.2, 0.25) is 0 Å². The van der Waals surface area contributed by atoms with Crippen LogP contribution in [0.15, 0.2) is 12.2 Å². The van der Waals surface area contributed by atoms with Crippen LogP contribution in [0.25, 0.3) is 0 Å². The SMILES string of the molecule is C=C(C(F)(F)F)C1(O)CCCC1(C)C. The largest absolute Gasteiger partial charge is 0.414 e. The van der Waals surface area contributed by atoms with Gasteiger partial charge in [0.1, 0.15) is 0 Å². The molecule has 14 heavy (non-hydrogen) atoms. The minimum atomic E-state index is -4.50. The van der Waals surface area contributed by atoms with Crippen molar-refractivity contribution in [3.05, 3.63) is 12.2 Å². The van der Waals surface area contributed by atoms with Gasteiger partial charge in [0.05, 0.1) is 11.2 Å². The first-order valence-corrected chi connectivity index (χ1v) is 4.60. The highest BCUT2D eigenvalue weighted by Gasteiger charge is 2.56. The first-order chi connectivity index (χ1) is 6.11. The third-order valence-corrected chi connectivity index (χ3v) is 3.30. The van der Waals surface area contributed by atoms with Gasteiger partial charge in [-0.05, 0) is 24.7 Å². The summed E-state index contributed by atoms with van der Waals surface area (Å²) in [5.41, 5.74) is -3.53. The van der Waals surface area contributed by atoms with Crippen molar-refractivity contribution in [3.8, 4) is 0 Å². The van der Waals surface area contributed by atoms with Gasteiger partial charge < -0.3 is 5.11 Å². The molecule has 0 amide bonds. The van der Waals surface area contributed by atoms with E-state index >= 15 is 0 Å². The Labute approximate surface area is 81.6 Å². The maximum Gasteiger partial charge on any atom is 0.414 e. The van der Waals surface area contributed by atoms with Gasteiger partial charge in [-0.3, -0.25) is 0 Å². The van der Waals surface area contributed by atoms with Crippen LogP contribution < -0.4 is 0 Å². The van der Waals surface area contributed by atoms with E-state index in [0.29, 0.717) is 12.8 Å². The number of alkyl halides is 3. The first-order valence-electron chi connectivity index (χ1n) is 4.60. The number of hydrogen-bond donors (Lipinski definition) is 1. The van der Waals surface area contributed by atoms with Gasteiger partial charge in [0, 0.05) is 0 Å². The minimum Gasteiger partial charge on any atom is -0.385 e. The molecule has 1 N–H and O–H groups in total. The van der Waals surface area contributed by atoms with E-state index < -0.39 is 22.8 Å². The molecule has 1 rings (SSSR count). The second kappa shape index (κ2) is 2.99. The monoisotopic (exact) mass is 208 g/mol. The number of halogens is 3. The molecule has 1 atom stereocenters. The highest BCUT2D eigenvalue weighted by molar-refractivity contribution is 5.24. The van der Waals surface area contributed by atoms with Crippen LogP contribution in [-0.2, 0) is 0 Å². The Bertz CT molecular complexity index is 255. The molecular formula is C10H15F3O. The first kappa shape index (κ1) is 11.6. The predicted molar refractivity (Wildman–Crippen MR) is 47.8 cm³/mol. The van der Waals surface area contributed by atoms with Crippen LogP contribution in [0.4, 0.5) is 13.2 Å². The summed E-state index contributed by atoms with van der Waals surface area (Å²) in [4.78, 5) is 0. The van der Waals surface area contributed by atoms with Gasteiger partial charge in [0.25, 0.3) is 0 Å². The zero-order valence-corrected chi connectivity index (χ0v) is 8.41. The Morgan fingerprint density at radius 1 is 1.29 bits per heavy atom. The van der Waals surface area contributed by atoms with Crippen LogP contribution in [0.3, 0.4) is 0 Å². The molecule has 4 heteroatoms. The molecule has 82 valence electrons. The average Bonchev–Trinajstić information content (AvgIpc) is 2.24. The van der Waals surface area contributed by atoms with Crippen molar-refractivity contribution in [3.63, 3.8) is 0 Å². The van der Waals surface area contributed by atoms with Crippen molar-refractivity contribution in [1.82, 2.24) is 0 Å². The van der Waals surface area contributed by atoms with Crippen LogP contribution in [0.5, 0.6) is 0 Å². The third kappa shape index (κ3) is 1.56. The Balaban J connectivity index is 3.02. The van der Waals surface area contributed by atoms with E-state index in [1.165, 1.54) is 0 Å². The van der Waals surface area contributed by atoms with Crippen LogP contribution >= 0.6 is 0 Å². The average molecular weight is 208 g/mol. The summed E-state index contributed by atoms with van der Waals surface area (Å²) in [5, 5.41) is 10.0. The standard InChI is InChI=1S/C10H15F3O/c1-7(10(11,12)13)9(14)6-4-5-8(9,2)3/h14H,1,4-6H2,2-3H3. The Hall–Kier alpha value is -0.510. The lowest BCUT2D eigenvalue weighted by Gasteiger charge is -2.38. The van der Waals surface area contributed by atoms with Crippen molar-refractivity contribution < 1.29 is 18.3 Å². The van der Waals surface area contributed by atoms with Gasteiger partial charge in [0.15, 0.2) is 0 Å². The summed E-state index contributed by atoms with van der Waals surface area (Å²) in [5.74, 6) is 0. The summed E-state index contributed by atoms with van der Waals surface area (Å²) >= 11 is 0. The molecule has 1 saturated carbocycles. The van der Waals surface area contributed by atoms with Crippen molar-refractivity contribution in [2.24, 2.45) is 5.41 Å². The lowest BCUT2D eigenvalue weighted by atomic mass is 9.73. The molecule has 0 aromatic heterocycles. The third-order valence-electron chi connectivity index (χ3n) is 3.30. The molecule has 1 aliphatic carbocycles. The van der Waals surface area contributed by atoms with Gasteiger partial charge in [-0.1, -0.05) is 20.4 Å². The molecule has 0 aromatic rings. The minimum absolute atomic E-state index is 0.151. The molecular weight excluding hydrogens is 193 g/mol. The summed E-state index contributed by atoms with van der Waals surface area (Å²) in [6.07, 6.45) is -3.15. The quantitative estimate of drug-likeness (QED) is 0.656. The van der Waals surface area contributed by atoms with Gasteiger partial charge >= 0.3 is 6.18 Å². The summed E-state index contributed by atoms with van der Waals surface area (Å²) in [7, 11) is 0. The summed E-state index contributed by atoms with van der Waals surface area (Å²) in [6, 6.07) is 0. The van der Waals surface area contributed by atoms with Crippen molar-refractivity contribution in [1.29, 1.82) is 0 Å². The second-order valence-corrected chi connectivity index (χ2v) is 4.57. The van der Waals surface area contributed by atoms with Gasteiger partial charge in [-0.25, -0.2) is 0 Å². The predicted octanol–water partition coefficient (Wildman–Crippen LogP) is 3.05. The van der Waals surface area contributed by atoms with E-state index in [1.54, 1.807) is 13.8 Å². The van der Waals surface area contributed by atoms with E-state index in [9.17, 15) is 18.3 Å². The molecule has 0 radical (unpaired) electrons. The van der Waals surface area contributed by atoms with Gasteiger partial charge in [-0.15, -0.1) is 0 Å². The van der Waals surface area contributed by atoms with Crippen LogP contribution in [0.2, 0.25) is 0 Å². The second-order valence-electron chi connectivity index (χ2n) is 4.57. The Morgan fingerprint density at radius 3 is 2.07 bits per heavy atom. The molecule has 0 spiro atoms. The molecule has 0 saturated heterocycles. The highest BCUT2D eigenvalue weighted by Crippen LogP contribution is 2.52. The lowest BCUT2D eigenvalue weighted by molar-refractivity contribution is -0.136. The zero-order chi connectivity index (χ0) is 11.2. The van der Waals surface area contributed by atoms with E-state index in [0.717, 1.165) is 0 Å². The van der Waals surface area contributed by atoms with Crippen molar-refractivity contribution >= 4 is 0 Å². The number of hydrogen-bond acceptors (Lipinski definition) is 1. The van der Waals surface area contributed by atoms with Crippen LogP contribution in [-0.4, -0.2) is 16.9 Å². The van der Waals surface area contributed by atoms with Crippen molar-refractivity contribution in [2.45, 2.75) is 44.9 Å². The summed E-state index contributed by atoms with van der Waals surface area (Å²) < 4.78 is 37.3. The Morgan fingerprint density at radius 2 is 1.79 bits per heavy atom. The fourth-order valence-electron chi connectivity index (χ4n) is 2.13.